The monoisotopic (exact) mass is 1130 g/mol. The number of benzene rings is 1. The molecule has 4 aliphatic heterocycles. The Morgan fingerprint density at radius 1 is 0.802 bits per heavy atom. The summed E-state index contributed by atoms with van der Waals surface area (Å²) >= 11 is 0. The van der Waals surface area contributed by atoms with E-state index in [1.165, 1.54) is 89.9 Å². The zero-order chi connectivity index (χ0) is 58.3. The summed E-state index contributed by atoms with van der Waals surface area (Å²) in [6, 6.07) is 15.6. The van der Waals surface area contributed by atoms with Gasteiger partial charge >= 0.3 is 12.1 Å². The topological polar surface area (TPSA) is 178 Å². The number of aryl methyl sites for hydroxylation is 1. The van der Waals surface area contributed by atoms with Crippen molar-refractivity contribution in [3.05, 3.63) is 71.5 Å². The zero-order valence-corrected chi connectivity index (χ0v) is 49.1. The summed E-state index contributed by atoms with van der Waals surface area (Å²) in [6.07, 6.45) is 22.3. The third-order valence-corrected chi connectivity index (χ3v) is 17.1. The molecule has 1 aromatic carbocycles. The van der Waals surface area contributed by atoms with Crippen LogP contribution in [0.5, 0.6) is 11.6 Å². The van der Waals surface area contributed by atoms with Crippen molar-refractivity contribution < 1.29 is 56.5 Å². The van der Waals surface area contributed by atoms with Crippen molar-refractivity contribution in [1.82, 2.24) is 20.2 Å². The number of aliphatic carboxylic acids is 2. The predicted molar refractivity (Wildman–Crippen MR) is 309 cm³/mol. The SMILES string of the molecule is COc1ccc(C(=O)N(CC(C)(C)CCCCCCCCCCCCCCCCCCNC(=O)C[N+]23CCN(CC2)CC3)c2cccc(C)n2)c(N2CCC(COc3cc([C@@H](CC(=O)O)C4CC4)ccn3)CC2)c1.O=C([O-])C(F)(F)F. The molecule has 18 heteroatoms. The number of hydrogen-bond donors (Lipinski definition) is 2. The predicted octanol–water partition coefficient (Wildman–Crippen LogP) is 10.9. The first kappa shape index (κ1) is 64.7. The molecular formula is C63H94F3N7O8. The molecule has 450 valence electrons. The number of piperidine rings is 1. The van der Waals surface area contributed by atoms with Gasteiger partial charge < -0.3 is 39.2 Å². The van der Waals surface area contributed by atoms with E-state index >= 15 is 0 Å². The molecular weight excluding hydrogens is 1040 g/mol. The van der Waals surface area contributed by atoms with Gasteiger partial charge in [-0.3, -0.25) is 24.2 Å². The van der Waals surface area contributed by atoms with Crippen LogP contribution in [0.25, 0.3) is 0 Å². The number of hydrogen-bond acceptors (Lipinski definition) is 11. The van der Waals surface area contributed by atoms with Gasteiger partial charge in [0.25, 0.3) is 11.8 Å². The number of methoxy groups -OCH3 is 1. The molecule has 0 radical (unpaired) electrons. The van der Waals surface area contributed by atoms with Crippen molar-refractivity contribution in [2.24, 2.45) is 17.3 Å². The molecule has 5 aliphatic rings. The van der Waals surface area contributed by atoms with Gasteiger partial charge in [-0.25, -0.2) is 9.97 Å². The summed E-state index contributed by atoms with van der Waals surface area (Å²) in [5, 5.41) is 21.5. The first-order valence-electron chi connectivity index (χ1n) is 30.4. The number of amides is 2. The molecule has 5 fully saturated rings. The molecule has 2 bridgehead atoms. The Balaban J connectivity index is 0.00000141. The second-order valence-electron chi connectivity index (χ2n) is 24.3. The van der Waals surface area contributed by atoms with E-state index in [-0.39, 0.29) is 29.6 Å². The van der Waals surface area contributed by atoms with E-state index in [1.54, 1.807) is 13.3 Å². The summed E-state index contributed by atoms with van der Waals surface area (Å²) in [7, 11) is 1.67. The molecule has 2 aromatic heterocycles. The lowest BCUT2D eigenvalue weighted by Crippen LogP contribution is -2.69. The number of aromatic nitrogens is 2. The van der Waals surface area contributed by atoms with Gasteiger partial charge in [0, 0.05) is 69.8 Å². The lowest BCUT2D eigenvalue weighted by Gasteiger charge is -2.50. The normalized spacial score (nSPS) is 18.6. The number of nitrogens with one attached hydrogen (secondary N) is 1. The maximum absolute atomic E-state index is 15.0. The molecule has 2 N–H and O–H groups in total. The Morgan fingerprint density at radius 2 is 1.38 bits per heavy atom. The largest absolute Gasteiger partial charge is 0.542 e. The van der Waals surface area contributed by atoms with Crippen LogP contribution in [0, 0.1) is 24.2 Å². The first-order chi connectivity index (χ1) is 38.8. The van der Waals surface area contributed by atoms with E-state index in [0.29, 0.717) is 48.8 Å². The summed E-state index contributed by atoms with van der Waals surface area (Å²) in [5.41, 5.74) is 3.31. The smallest absolute Gasteiger partial charge is 0.430 e. The van der Waals surface area contributed by atoms with Crippen LogP contribution in [0.3, 0.4) is 0 Å². The van der Waals surface area contributed by atoms with Gasteiger partial charge in [0.2, 0.25) is 5.88 Å². The second-order valence-corrected chi connectivity index (χ2v) is 24.3. The number of ether oxygens (including phenoxy) is 2. The van der Waals surface area contributed by atoms with E-state index in [1.807, 2.05) is 60.4 Å². The summed E-state index contributed by atoms with van der Waals surface area (Å²) in [6.45, 7) is 17.7. The van der Waals surface area contributed by atoms with Gasteiger partial charge in [-0.05, 0) is 105 Å². The summed E-state index contributed by atoms with van der Waals surface area (Å²) in [4.78, 5) is 64.0. The van der Waals surface area contributed by atoms with Gasteiger partial charge in [0.05, 0.1) is 51.0 Å². The lowest BCUT2D eigenvalue weighted by atomic mass is 9.85. The number of rotatable bonds is 34. The standard InChI is InChI=1S/C61H93N7O6.C2HF3O2/c1-48-22-21-23-56(64-48)67(47-61(2,3)31-19-17-15-13-11-9-7-5-6-8-10-12-14-16-18-20-32-62-57(69)45-68-39-36-65(37-40-68)38-41-68)60(72)53-27-26-52(73-4)43-55(53)66-34-29-49(30-35-66)46-74-58-42-51(28-33-63-58)54(44-59(70)71)50-24-25-50;3-2(4,5)1(6)7/h21-23,26-28,33,42-43,49-50,54H,5-20,24-25,29-32,34-41,44-47H2,1-4H3,(H-,62,69,70,71);(H,6,7)/t54-;/m0./s1. The number of nitrogens with zero attached hydrogens (tertiary/aromatic N) is 6. The van der Waals surface area contributed by atoms with Gasteiger partial charge in [-0.2, -0.15) is 13.2 Å². The highest BCUT2D eigenvalue weighted by molar-refractivity contribution is 6.09. The number of carboxylic acid groups (broad SMARTS) is 2. The van der Waals surface area contributed by atoms with Crippen molar-refractivity contribution >= 4 is 35.3 Å². The van der Waals surface area contributed by atoms with E-state index in [2.05, 4.69) is 33.9 Å². The van der Waals surface area contributed by atoms with Gasteiger partial charge in [-0.1, -0.05) is 116 Å². The van der Waals surface area contributed by atoms with E-state index < -0.39 is 18.1 Å². The highest BCUT2D eigenvalue weighted by Crippen LogP contribution is 2.45. The fourth-order valence-corrected chi connectivity index (χ4v) is 12.0. The summed E-state index contributed by atoms with van der Waals surface area (Å²) in [5.74, 6) is -0.854. The van der Waals surface area contributed by atoms with Gasteiger partial charge in [0.15, 0.2) is 6.54 Å². The van der Waals surface area contributed by atoms with Crippen LogP contribution in [0.4, 0.5) is 24.7 Å². The number of alkyl halides is 3. The van der Waals surface area contributed by atoms with Crippen molar-refractivity contribution in [2.45, 2.75) is 174 Å². The molecule has 0 spiro atoms. The van der Waals surface area contributed by atoms with Crippen molar-refractivity contribution in [3.8, 4) is 11.6 Å². The maximum atomic E-state index is 15.0. The Morgan fingerprint density at radius 3 is 1.93 bits per heavy atom. The molecule has 6 heterocycles. The highest BCUT2D eigenvalue weighted by Gasteiger charge is 2.40. The number of carboxylic acids is 2. The van der Waals surface area contributed by atoms with E-state index in [0.717, 1.165) is 131 Å². The van der Waals surface area contributed by atoms with Crippen LogP contribution in [-0.4, -0.2) is 140 Å². The molecule has 3 aromatic rings. The molecule has 1 saturated carbocycles. The highest BCUT2D eigenvalue weighted by atomic mass is 19.4. The number of piperazine rings is 3. The van der Waals surface area contributed by atoms with Crippen LogP contribution < -0.4 is 29.7 Å². The number of quaternary nitrogens is 1. The number of halogens is 3. The van der Waals surface area contributed by atoms with Crippen LogP contribution in [0.15, 0.2) is 54.7 Å². The second kappa shape index (κ2) is 32.4. The number of anilines is 2. The van der Waals surface area contributed by atoms with Crippen molar-refractivity contribution in [2.75, 3.05) is 95.5 Å². The molecule has 15 nitrogen and oxygen atoms in total. The minimum absolute atomic E-state index is 0.00141. The van der Waals surface area contributed by atoms with Crippen LogP contribution >= 0.6 is 0 Å². The van der Waals surface area contributed by atoms with Crippen LogP contribution in [0.1, 0.15) is 183 Å². The molecule has 4 saturated heterocycles. The fourth-order valence-electron chi connectivity index (χ4n) is 12.0. The molecule has 8 rings (SSSR count). The average molecular weight is 1130 g/mol. The van der Waals surface area contributed by atoms with Gasteiger partial charge in [-0.15, -0.1) is 0 Å². The van der Waals surface area contributed by atoms with E-state index in [9.17, 15) is 32.7 Å². The number of carbonyl (C=O) groups is 4. The summed E-state index contributed by atoms with van der Waals surface area (Å²) < 4.78 is 44.5. The average Bonchev–Trinajstić information content (AvgIpc) is 4.36. The van der Waals surface area contributed by atoms with Crippen molar-refractivity contribution in [3.63, 3.8) is 0 Å². The molecule has 81 heavy (non-hydrogen) atoms. The molecule has 2 amide bonds. The molecule has 0 unspecified atom stereocenters. The van der Waals surface area contributed by atoms with Crippen molar-refractivity contribution in [1.29, 1.82) is 0 Å². The van der Waals surface area contributed by atoms with Gasteiger partial charge in [0.1, 0.15) is 17.5 Å². The number of carbonyl (C=O) groups excluding carboxylic acids is 3. The lowest BCUT2D eigenvalue weighted by molar-refractivity contribution is -0.933. The van der Waals surface area contributed by atoms with Crippen LogP contribution in [0.2, 0.25) is 0 Å². The first-order valence-corrected chi connectivity index (χ1v) is 30.4. The Labute approximate surface area is 480 Å². The minimum atomic E-state index is -5.19. The maximum Gasteiger partial charge on any atom is 0.430 e. The third-order valence-electron chi connectivity index (χ3n) is 17.1. The molecule has 1 atom stereocenters. The number of pyridine rings is 2. The third kappa shape index (κ3) is 22.3. The Kier molecular flexibility index (Phi) is 25.9. The fraction of sp³-hybridized carbons (Fsp3) is 0.683. The number of fused-ring (bicyclic) bond motifs is 3. The Hall–Kier alpha value is -5.49. The minimum Gasteiger partial charge on any atom is -0.542 e. The quantitative estimate of drug-likeness (QED) is 0.0428. The van der Waals surface area contributed by atoms with Crippen LogP contribution in [-0.2, 0) is 14.4 Å². The van der Waals surface area contributed by atoms with E-state index in [4.69, 9.17) is 24.4 Å². The number of unbranched alkanes of at least 4 members (excludes halogenated alkanes) is 15. The molecule has 1 aliphatic carbocycles. The zero-order valence-electron chi connectivity index (χ0n) is 49.1. The Bertz CT molecular complexity index is 2410.